The lowest BCUT2D eigenvalue weighted by molar-refractivity contribution is -0.135. The van der Waals surface area contributed by atoms with Crippen LogP contribution >= 0.6 is 0 Å². The van der Waals surface area contributed by atoms with Crippen LogP contribution < -0.4 is 4.74 Å². The van der Waals surface area contributed by atoms with E-state index in [4.69, 9.17) is 4.74 Å². The summed E-state index contributed by atoms with van der Waals surface area (Å²) in [7, 11) is 1.59. The Bertz CT molecular complexity index is 955. The topological polar surface area (TPSA) is 84.7 Å². The minimum atomic E-state index is -2.93. The van der Waals surface area contributed by atoms with Gasteiger partial charge in [0, 0.05) is 43.7 Å². The highest BCUT2D eigenvalue weighted by molar-refractivity contribution is 5.88. The molecule has 0 bridgehead atoms. The van der Waals surface area contributed by atoms with E-state index in [9.17, 15) is 23.5 Å². The number of carboxylic acids is 1. The van der Waals surface area contributed by atoms with Gasteiger partial charge in [0.1, 0.15) is 11.7 Å². The Morgan fingerprint density at radius 3 is 2.59 bits per heavy atom. The maximum absolute atomic E-state index is 13.3. The number of benzene rings is 1. The molecule has 2 heterocycles. The summed E-state index contributed by atoms with van der Waals surface area (Å²) in [5, 5.41) is 13.7. The van der Waals surface area contributed by atoms with Gasteiger partial charge in [0.05, 0.1) is 7.11 Å². The van der Waals surface area contributed by atoms with Crippen molar-refractivity contribution in [1.29, 1.82) is 0 Å². The predicted molar refractivity (Wildman–Crippen MR) is 98.1 cm³/mol. The van der Waals surface area contributed by atoms with Crippen LogP contribution in [0.4, 0.5) is 8.78 Å². The number of carboxylic acid groups (broad SMARTS) is 1. The Labute approximate surface area is 165 Å². The number of aromatic nitrogens is 2. The quantitative estimate of drug-likeness (QED) is 0.798. The highest BCUT2D eigenvalue weighted by Gasteiger charge is 2.62. The minimum Gasteiger partial charge on any atom is -0.497 e. The van der Waals surface area contributed by atoms with Crippen LogP contribution in [-0.4, -0.2) is 51.2 Å². The fourth-order valence-electron chi connectivity index (χ4n) is 3.76. The van der Waals surface area contributed by atoms with Crippen molar-refractivity contribution in [2.24, 2.45) is 5.92 Å². The van der Waals surface area contributed by atoms with Gasteiger partial charge in [-0.3, -0.25) is 9.48 Å². The van der Waals surface area contributed by atoms with Gasteiger partial charge in [0.15, 0.2) is 5.69 Å². The summed E-state index contributed by atoms with van der Waals surface area (Å²) >= 11 is 0. The molecule has 7 nitrogen and oxygen atoms in total. The first-order valence-electron chi connectivity index (χ1n) is 9.41. The number of rotatable bonds is 6. The van der Waals surface area contributed by atoms with Gasteiger partial charge < -0.3 is 14.7 Å². The van der Waals surface area contributed by atoms with Crippen LogP contribution in [-0.2, 0) is 30.7 Å². The molecule has 4 rings (SSSR count). The molecule has 2 aromatic rings. The number of hydrogen-bond donors (Lipinski definition) is 1. The molecule has 1 atom stereocenters. The van der Waals surface area contributed by atoms with E-state index in [2.05, 4.69) is 5.10 Å². The molecule has 9 heteroatoms. The molecular formula is C20H21F2N3O4. The summed E-state index contributed by atoms with van der Waals surface area (Å²) < 4.78 is 33.3. The smallest absolute Gasteiger partial charge is 0.356 e. The van der Waals surface area contributed by atoms with Crippen LogP contribution in [0, 0.1) is 5.92 Å². The normalized spacial score (nSPS) is 19.6. The van der Waals surface area contributed by atoms with Gasteiger partial charge in [0.2, 0.25) is 5.91 Å². The number of carbonyl (C=O) groups is 2. The molecule has 1 saturated carbocycles. The third-order valence-corrected chi connectivity index (χ3v) is 5.54. The molecule has 1 aliphatic carbocycles. The largest absolute Gasteiger partial charge is 0.497 e. The maximum atomic E-state index is 13.3. The van der Waals surface area contributed by atoms with Gasteiger partial charge in [-0.25, -0.2) is 13.6 Å². The molecule has 0 unspecified atom stereocenters. The van der Waals surface area contributed by atoms with Crippen molar-refractivity contribution in [2.45, 2.75) is 38.3 Å². The van der Waals surface area contributed by atoms with Crippen molar-refractivity contribution in [3.05, 3.63) is 46.8 Å². The van der Waals surface area contributed by atoms with E-state index in [1.807, 2.05) is 24.3 Å². The Balaban J connectivity index is 1.51. The van der Waals surface area contributed by atoms with E-state index >= 15 is 0 Å². The lowest BCUT2D eigenvalue weighted by Crippen LogP contribution is -2.38. The molecule has 2 aliphatic rings. The van der Waals surface area contributed by atoms with E-state index in [1.165, 1.54) is 4.90 Å². The minimum absolute atomic E-state index is 0.00488. The molecule has 154 valence electrons. The first kappa shape index (κ1) is 19.4. The molecule has 1 aromatic carbocycles. The van der Waals surface area contributed by atoms with Gasteiger partial charge in [-0.15, -0.1) is 0 Å². The summed E-state index contributed by atoms with van der Waals surface area (Å²) in [5.41, 5.74) is 2.13. The number of methoxy groups -OCH3 is 1. The number of halogens is 2. The Morgan fingerprint density at radius 2 is 2.00 bits per heavy atom. The number of hydrogen-bond acceptors (Lipinski definition) is 4. The third-order valence-electron chi connectivity index (χ3n) is 5.54. The monoisotopic (exact) mass is 405 g/mol. The number of aromatic carboxylic acids is 1. The molecule has 0 saturated heterocycles. The standard InChI is InChI=1S/C20H21F2N3O4/c1-29-13-4-2-12(3-5-13)6-9-25-16-7-8-24(18(26)15-10-20(15,21)22)11-14(16)17(23-25)19(27)28/h2-5,15H,6-11H2,1H3,(H,27,28)/t15-/m0/s1. The number of aryl methyl sites for hydroxylation is 2. The van der Waals surface area contributed by atoms with Crippen LogP contribution in [0.15, 0.2) is 24.3 Å². The van der Waals surface area contributed by atoms with Gasteiger partial charge in [-0.2, -0.15) is 5.10 Å². The van der Waals surface area contributed by atoms with E-state index < -0.39 is 30.1 Å². The highest BCUT2D eigenvalue weighted by Crippen LogP contribution is 2.49. The molecule has 1 aromatic heterocycles. The fourth-order valence-corrected chi connectivity index (χ4v) is 3.76. The molecule has 0 radical (unpaired) electrons. The number of ether oxygens (including phenoxy) is 1. The third kappa shape index (κ3) is 3.68. The fraction of sp³-hybridized carbons (Fsp3) is 0.450. The SMILES string of the molecule is COc1ccc(CCn2nc(C(=O)O)c3c2CCN(C(=O)[C@@H]2CC2(F)F)C3)cc1. The van der Waals surface area contributed by atoms with E-state index in [0.29, 0.717) is 24.9 Å². The van der Waals surface area contributed by atoms with E-state index in [0.717, 1.165) is 17.0 Å². The van der Waals surface area contributed by atoms with E-state index in [1.54, 1.807) is 11.8 Å². The van der Waals surface area contributed by atoms with Crippen LogP contribution in [0.1, 0.15) is 33.7 Å². The van der Waals surface area contributed by atoms with Crippen LogP contribution in [0.3, 0.4) is 0 Å². The molecular weight excluding hydrogens is 384 g/mol. The lowest BCUT2D eigenvalue weighted by Gasteiger charge is -2.28. The average molecular weight is 405 g/mol. The number of nitrogens with zero attached hydrogens (tertiary/aromatic N) is 3. The molecule has 1 fully saturated rings. The summed E-state index contributed by atoms with van der Waals surface area (Å²) in [6.07, 6.45) is 0.610. The number of alkyl halides is 2. The van der Waals surface area contributed by atoms with Crippen molar-refractivity contribution < 1.29 is 28.2 Å². The van der Waals surface area contributed by atoms with Crippen molar-refractivity contribution in [3.8, 4) is 5.75 Å². The first-order valence-corrected chi connectivity index (χ1v) is 9.41. The van der Waals surface area contributed by atoms with Crippen LogP contribution in [0.5, 0.6) is 5.75 Å². The van der Waals surface area contributed by atoms with Gasteiger partial charge in [-0.05, 0) is 24.1 Å². The van der Waals surface area contributed by atoms with E-state index in [-0.39, 0.29) is 18.8 Å². The first-order chi connectivity index (χ1) is 13.8. The second kappa shape index (κ2) is 7.13. The molecule has 1 amide bonds. The maximum Gasteiger partial charge on any atom is 0.356 e. The van der Waals surface area contributed by atoms with Crippen molar-refractivity contribution >= 4 is 11.9 Å². The number of fused-ring (bicyclic) bond motifs is 1. The molecule has 1 aliphatic heterocycles. The second-order valence-electron chi connectivity index (χ2n) is 7.43. The van der Waals surface area contributed by atoms with Gasteiger partial charge in [0.25, 0.3) is 5.92 Å². The van der Waals surface area contributed by atoms with Gasteiger partial charge >= 0.3 is 5.97 Å². The van der Waals surface area contributed by atoms with Gasteiger partial charge in [-0.1, -0.05) is 12.1 Å². The molecule has 29 heavy (non-hydrogen) atoms. The molecule has 0 spiro atoms. The lowest BCUT2D eigenvalue weighted by atomic mass is 10.0. The zero-order valence-corrected chi connectivity index (χ0v) is 15.9. The predicted octanol–water partition coefficient (Wildman–Crippen LogP) is 2.37. The van der Waals surface area contributed by atoms with Crippen molar-refractivity contribution in [3.63, 3.8) is 0 Å². The Morgan fingerprint density at radius 1 is 1.31 bits per heavy atom. The zero-order chi connectivity index (χ0) is 20.8. The summed E-state index contributed by atoms with van der Waals surface area (Å²) in [5.74, 6) is -5.25. The number of amides is 1. The summed E-state index contributed by atoms with van der Waals surface area (Å²) in [6.45, 7) is 0.771. The summed E-state index contributed by atoms with van der Waals surface area (Å²) in [6, 6.07) is 7.58. The average Bonchev–Trinajstić information content (AvgIpc) is 3.19. The van der Waals surface area contributed by atoms with Crippen LogP contribution in [0.25, 0.3) is 0 Å². The Kier molecular flexibility index (Phi) is 4.76. The summed E-state index contributed by atoms with van der Waals surface area (Å²) in [4.78, 5) is 25.3. The highest BCUT2D eigenvalue weighted by atomic mass is 19.3. The Hall–Kier alpha value is -2.97. The molecule has 1 N–H and O–H groups in total. The van der Waals surface area contributed by atoms with Crippen LogP contribution in [0.2, 0.25) is 0 Å². The number of carbonyl (C=O) groups excluding carboxylic acids is 1. The second-order valence-corrected chi connectivity index (χ2v) is 7.43. The van der Waals surface area contributed by atoms with Crippen molar-refractivity contribution in [1.82, 2.24) is 14.7 Å². The zero-order valence-electron chi connectivity index (χ0n) is 15.9. The van der Waals surface area contributed by atoms with Crippen molar-refractivity contribution in [2.75, 3.05) is 13.7 Å².